The highest BCUT2D eigenvalue weighted by Crippen LogP contribution is 1.96. The van der Waals surface area contributed by atoms with Gasteiger partial charge >= 0.3 is 5.97 Å². The van der Waals surface area contributed by atoms with Crippen LogP contribution >= 0.6 is 0 Å². The van der Waals surface area contributed by atoms with Crippen LogP contribution in [0.2, 0.25) is 0 Å². The van der Waals surface area contributed by atoms with Crippen molar-refractivity contribution in [2.45, 2.75) is 32.9 Å². The van der Waals surface area contributed by atoms with Crippen molar-refractivity contribution in [1.82, 2.24) is 15.5 Å². The minimum Gasteiger partial charge on any atom is -0.466 e. The average Bonchev–Trinajstić information content (AvgIpc) is 2.67. The van der Waals surface area contributed by atoms with E-state index in [9.17, 15) is 4.79 Å². The number of hydrogen-bond donors (Lipinski definition) is 1. The zero-order valence-corrected chi connectivity index (χ0v) is 8.90. The van der Waals surface area contributed by atoms with Crippen molar-refractivity contribution in [3.63, 3.8) is 0 Å². The third kappa shape index (κ3) is 4.55. The number of ether oxygens (including phenoxy) is 1. The number of hydrogen-bond acceptors (Lipinski definition) is 6. The van der Waals surface area contributed by atoms with Crippen LogP contribution < -0.4 is 5.32 Å². The summed E-state index contributed by atoms with van der Waals surface area (Å²) in [6.07, 6.45) is 1.61. The first-order chi connectivity index (χ1) is 7.22. The van der Waals surface area contributed by atoms with E-state index >= 15 is 0 Å². The Labute approximate surface area is 88.0 Å². The van der Waals surface area contributed by atoms with Gasteiger partial charge in [0.2, 0.25) is 6.39 Å². The molecular formula is C9H15N3O3. The van der Waals surface area contributed by atoms with E-state index in [1.807, 2.05) is 6.92 Å². The molecule has 6 nitrogen and oxygen atoms in total. The summed E-state index contributed by atoms with van der Waals surface area (Å²) < 4.78 is 9.39. The van der Waals surface area contributed by atoms with E-state index < -0.39 is 0 Å². The molecule has 6 heteroatoms. The van der Waals surface area contributed by atoms with E-state index in [0.717, 1.165) is 0 Å². The number of nitrogens with zero attached hydrogens (tertiary/aromatic N) is 2. The van der Waals surface area contributed by atoms with Crippen LogP contribution in [-0.4, -0.2) is 28.8 Å². The summed E-state index contributed by atoms with van der Waals surface area (Å²) in [5, 5.41) is 6.73. The Balaban J connectivity index is 2.18. The zero-order chi connectivity index (χ0) is 11.1. The fourth-order valence-electron chi connectivity index (χ4n) is 1.08. The van der Waals surface area contributed by atoms with Crippen LogP contribution in [0, 0.1) is 0 Å². The fourth-order valence-corrected chi connectivity index (χ4v) is 1.08. The third-order valence-corrected chi connectivity index (χ3v) is 1.79. The van der Waals surface area contributed by atoms with E-state index in [2.05, 4.69) is 20.0 Å². The fraction of sp³-hybridized carbons (Fsp3) is 0.667. The molecule has 1 atom stereocenters. The molecule has 1 N–H and O–H groups in total. The van der Waals surface area contributed by atoms with E-state index in [0.29, 0.717) is 25.4 Å². The van der Waals surface area contributed by atoms with Gasteiger partial charge in [-0.15, -0.1) is 0 Å². The Kier molecular flexibility index (Phi) is 4.76. The first kappa shape index (κ1) is 11.6. The molecule has 0 bridgehead atoms. The van der Waals surface area contributed by atoms with E-state index in [1.165, 1.54) is 6.39 Å². The molecule has 0 aliphatic heterocycles. The van der Waals surface area contributed by atoms with Crippen molar-refractivity contribution < 1.29 is 14.1 Å². The lowest BCUT2D eigenvalue weighted by molar-refractivity contribution is -0.143. The van der Waals surface area contributed by atoms with E-state index in [4.69, 9.17) is 4.74 Å². The van der Waals surface area contributed by atoms with Gasteiger partial charge in [0.05, 0.1) is 19.6 Å². The largest absolute Gasteiger partial charge is 0.466 e. The Bertz CT molecular complexity index is 287. The Morgan fingerprint density at radius 2 is 2.53 bits per heavy atom. The van der Waals surface area contributed by atoms with Crippen molar-refractivity contribution in [2.24, 2.45) is 0 Å². The van der Waals surface area contributed by atoms with Crippen molar-refractivity contribution in [2.75, 3.05) is 6.61 Å². The smallest absolute Gasteiger partial charge is 0.307 e. The predicted molar refractivity (Wildman–Crippen MR) is 51.8 cm³/mol. The second-order valence-corrected chi connectivity index (χ2v) is 3.14. The highest BCUT2D eigenvalue weighted by Gasteiger charge is 2.09. The topological polar surface area (TPSA) is 77.2 Å². The van der Waals surface area contributed by atoms with Crippen LogP contribution in [0.15, 0.2) is 10.9 Å². The summed E-state index contributed by atoms with van der Waals surface area (Å²) in [6.45, 7) is 4.58. The molecule has 0 fully saturated rings. The van der Waals surface area contributed by atoms with Crippen LogP contribution in [0.4, 0.5) is 0 Å². The number of esters is 1. The zero-order valence-electron chi connectivity index (χ0n) is 8.90. The molecule has 0 radical (unpaired) electrons. The van der Waals surface area contributed by atoms with Gasteiger partial charge in [-0.1, -0.05) is 5.16 Å². The molecule has 1 aromatic rings. The predicted octanol–water partition coefficient (Wildman–Crippen LogP) is 0.501. The summed E-state index contributed by atoms with van der Waals surface area (Å²) in [5.74, 6) is 0.372. The number of nitrogens with one attached hydrogen (secondary N) is 1. The second-order valence-electron chi connectivity index (χ2n) is 3.14. The van der Waals surface area contributed by atoms with Crippen LogP contribution in [0.5, 0.6) is 0 Å². The molecule has 0 spiro atoms. The monoisotopic (exact) mass is 213 g/mol. The number of aromatic nitrogens is 2. The molecule has 0 saturated heterocycles. The molecule has 1 unspecified atom stereocenters. The van der Waals surface area contributed by atoms with Crippen LogP contribution in [0.25, 0.3) is 0 Å². The molecule has 0 amide bonds. The number of rotatable bonds is 6. The normalized spacial score (nSPS) is 12.4. The lowest BCUT2D eigenvalue weighted by atomic mass is 10.2. The van der Waals surface area contributed by atoms with Crippen molar-refractivity contribution in [1.29, 1.82) is 0 Å². The Morgan fingerprint density at radius 1 is 1.73 bits per heavy atom. The van der Waals surface area contributed by atoms with Crippen LogP contribution in [0.1, 0.15) is 26.1 Å². The van der Waals surface area contributed by atoms with Gasteiger partial charge < -0.3 is 14.6 Å². The van der Waals surface area contributed by atoms with E-state index in [1.54, 1.807) is 6.92 Å². The summed E-state index contributed by atoms with van der Waals surface area (Å²) in [6, 6.07) is 0.0301. The lowest BCUT2D eigenvalue weighted by Gasteiger charge is -2.10. The number of carbonyl (C=O) groups excluding carboxylic acids is 1. The van der Waals surface area contributed by atoms with Gasteiger partial charge in [-0.05, 0) is 13.8 Å². The Hall–Kier alpha value is -1.43. The van der Waals surface area contributed by atoms with Crippen LogP contribution in [0.3, 0.4) is 0 Å². The van der Waals surface area contributed by atoms with Gasteiger partial charge in [0, 0.05) is 6.04 Å². The minimum atomic E-state index is -0.203. The maximum atomic E-state index is 11.1. The van der Waals surface area contributed by atoms with Gasteiger partial charge in [0.15, 0.2) is 5.82 Å². The van der Waals surface area contributed by atoms with E-state index in [-0.39, 0.29) is 12.0 Å². The summed E-state index contributed by atoms with van der Waals surface area (Å²) in [5.41, 5.74) is 0. The average molecular weight is 213 g/mol. The highest BCUT2D eigenvalue weighted by atomic mass is 16.5. The Morgan fingerprint density at radius 3 is 3.13 bits per heavy atom. The molecule has 1 aromatic heterocycles. The molecular weight excluding hydrogens is 198 g/mol. The molecule has 0 aliphatic carbocycles. The van der Waals surface area contributed by atoms with Gasteiger partial charge in [0.1, 0.15) is 0 Å². The molecule has 1 rings (SSSR count). The maximum Gasteiger partial charge on any atom is 0.307 e. The van der Waals surface area contributed by atoms with Gasteiger partial charge in [-0.25, -0.2) is 0 Å². The number of carbonyl (C=O) groups is 1. The molecule has 84 valence electrons. The quantitative estimate of drug-likeness (QED) is 0.693. The SMILES string of the molecule is CCOC(=O)CC(C)NCc1ncon1. The minimum absolute atomic E-state index is 0.0301. The van der Waals surface area contributed by atoms with Crippen molar-refractivity contribution >= 4 is 5.97 Å². The molecule has 0 aliphatic rings. The first-order valence-electron chi connectivity index (χ1n) is 4.86. The molecule has 1 heterocycles. The molecule has 15 heavy (non-hydrogen) atoms. The second kappa shape index (κ2) is 6.13. The van der Waals surface area contributed by atoms with Gasteiger partial charge in [-0.2, -0.15) is 4.98 Å². The standard InChI is InChI=1S/C9H15N3O3/c1-3-14-9(13)4-7(2)10-5-8-11-6-15-12-8/h6-7,10H,3-5H2,1-2H3. The maximum absolute atomic E-state index is 11.1. The van der Waals surface area contributed by atoms with Crippen LogP contribution in [-0.2, 0) is 16.1 Å². The summed E-state index contributed by atoms with van der Waals surface area (Å²) in [4.78, 5) is 15.0. The third-order valence-electron chi connectivity index (χ3n) is 1.79. The summed E-state index contributed by atoms with van der Waals surface area (Å²) >= 11 is 0. The van der Waals surface area contributed by atoms with Crippen molar-refractivity contribution in [3.05, 3.63) is 12.2 Å². The molecule has 0 saturated carbocycles. The lowest BCUT2D eigenvalue weighted by Crippen LogP contribution is -2.29. The summed E-state index contributed by atoms with van der Waals surface area (Å²) in [7, 11) is 0. The first-order valence-corrected chi connectivity index (χ1v) is 4.86. The highest BCUT2D eigenvalue weighted by molar-refractivity contribution is 5.69. The van der Waals surface area contributed by atoms with Gasteiger partial charge in [0.25, 0.3) is 0 Å². The van der Waals surface area contributed by atoms with Crippen molar-refractivity contribution in [3.8, 4) is 0 Å². The van der Waals surface area contributed by atoms with Gasteiger partial charge in [-0.3, -0.25) is 4.79 Å². The molecule has 0 aromatic carbocycles.